The van der Waals surface area contributed by atoms with E-state index in [0.29, 0.717) is 31.4 Å². The molecule has 3 heterocycles. The van der Waals surface area contributed by atoms with Gasteiger partial charge in [0.15, 0.2) is 9.84 Å². The van der Waals surface area contributed by atoms with Crippen molar-refractivity contribution in [1.82, 2.24) is 9.97 Å². The third-order valence-electron chi connectivity index (χ3n) is 4.05. The first-order chi connectivity index (χ1) is 12.0. The van der Waals surface area contributed by atoms with Crippen molar-refractivity contribution in [2.75, 3.05) is 48.8 Å². The van der Waals surface area contributed by atoms with Crippen molar-refractivity contribution in [2.45, 2.75) is 11.8 Å². The fourth-order valence-electron chi connectivity index (χ4n) is 2.86. The summed E-state index contributed by atoms with van der Waals surface area (Å²) in [6, 6.07) is 8.99. The lowest BCUT2D eigenvalue weighted by atomic mass is 10.3. The molecule has 2 aromatic heterocycles. The third kappa shape index (κ3) is 4.01. The molecule has 0 saturated carbocycles. The normalized spacial score (nSPS) is 15.3. The topological polar surface area (TPSA) is 75.6 Å². The summed E-state index contributed by atoms with van der Waals surface area (Å²) >= 11 is 0. The second-order valence-electron chi connectivity index (χ2n) is 5.84. The predicted octanol–water partition coefficient (Wildman–Crippen LogP) is 1.61. The molecule has 2 aromatic rings. The van der Waals surface area contributed by atoms with Crippen LogP contribution in [0, 0.1) is 0 Å². The lowest BCUT2D eigenvalue weighted by molar-refractivity contribution is 0.327. The maximum atomic E-state index is 12.0. The van der Waals surface area contributed by atoms with Gasteiger partial charge in [-0.1, -0.05) is 6.07 Å². The molecular weight excluding hydrogens is 340 g/mol. The molecule has 0 bridgehead atoms. The van der Waals surface area contributed by atoms with Crippen LogP contribution in [0.4, 0.5) is 11.6 Å². The second kappa shape index (κ2) is 7.26. The zero-order valence-corrected chi connectivity index (χ0v) is 15.2. The number of piperazine rings is 1. The molecule has 0 aromatic carbocycles. The number of sulfone groups is 1. The molecule has 0 N–H and O–H groups in total. The minimum Gasteiger partial charge on any atom is -0.478 e. The molecule has 1 aliphatic heterocycles. The van der Waals surface area contributed by atoms with E-state index in [2.05, 4.69) is 14.9 Å². The first-order valence-electron chi connectivity index (χ1n) is 8.24. The molecule has 3 rings (SSSR count). The van der Waals surface area contributed by atoms with Crippen LogP contribution in [0.25, 0.3) is 0 Å². The van der Waals surface area contributed by atoms with Crippen LogP contribution in [0.5, 0.6) is 5.88 Å². The molecule has 0 spiro atoms. The molecule has 0 aliphatic carbocycles. The van der Waals surface area contributed by atoms with Crippen molar-refractivity contribution in [2.24, 2.45) is 0 Å². The van der Waals surface area contributed by atoms with E-state index in [1.54, 1.807) is 18.3 Å². The number of rotatable bonds is 5. The van der Waals surface area contributed by atoms with Gasteiger partial charge in [-0.2, -0.15) is 4.98 Å². The zero-order valence-electron chi connectivity index (χ0n) is 14.4. The van der Waals surface area contributed by atoms with E-state index in [1.165, 1.54) is 6.26 Å². The van der Waals surface area contributed by atoms with E-state index in [1.807, 2.05) is 30.0 Å². The lowest BCUT2D eigenvalue weighted by Crippen LogP contribution is -2.47. The van der Waals surface area contributed by atoms with Gasteiger partial charge in [-0.3, -0.25) is 0 Å². The average molecular weight is 362 g/mol. The van der Waals surface area contributed by atoms with Crippen LogP contribution in [0.2, 0.25) is 0 Å². The standard InChI is InChI=1S/C17H22N4O3S/c1-3-24-16-8-4-7-15(19-16)20-10-12-21(13-11-20)17-14(25(2,22)23)6-5-9-18-17/h4-9H,3,10-13H2,1-2H3. The number of anilines is 2. The molecule has 1 fully saturated rings. The molecule has 0 amide bonds. The van der Waals surface area contributed by atoms with Gasteiger partial charge in [0.2, 0.25) is 5.88 Å². The van der Waals surface area contributed by atoms with Gasteiger partial charge >= 0.3 is 0 Å². The molecule has 1 aliphatic rings. The summed E-state index contributed by atoms with van der Waals surface area (Å²) in [6.45, 7) is 5.35. The van der Waals surface area contributed by atoms with Gasteiger partial charge in [0.25, 0.3) is 0 Å². The minimum absolute atomic E-state index is 0.278. The van der Waals surface area contributed by atoms with Gasteiger partial charge in [0.1, 0.15) is 16.5 Å². The number of ether oxygens (including phenoxy) is 1. The molecule has 8 heteroatoms. The third-order valence-corrected chi connectivity index (χ3v) is 5.17. The van der Waals surface area contributed by atoms with Crippen LogP contribution >= 0.6 is 0 Å². The summed E-state index contributed by atoms with van der Waals surface area (Å²) in [7, 11) is -3.31. The number of hydrogen-bond acceptors (Lipinski definition) is 7. The van der Waals surface area contributed by atoms with E-state index in [-0.39, 0.29) is 4.90 Å². The SMILES string of the molecule is CCOc1cccc(N2CCN(c3ncccc3S(C)(=O)=O)CC2)n1. The maximum absolute atomic E-state index is 12.0. The minimum atomic E-state index is -3.31. The Morgan fingerprint density at radius 1 is 1.08 bits per heavy atom. The molecule has 0 radical (unpaired) electrons. The highest BCUT2D eigenvalue weighted by molar-refractivity contribution is 7.90. The highest BCUT2D eigenvalue weighted by Gasteiger charge is 2.24. The quantitative estimate of drug-likeness (QED) is 0.800. The summed E-state index contributed by atoms with van der Waals surface area (Å²) in [5.41, 5.74) is 0. The van der Waals surface area contributed by atoms with E-state index >= 15 is 0 Å². The van der Waals surface area contributed by atoms with Gasteiger partial charge in [-0.05, 0) is 25.1 Å². The van der Waals surface area contributed by atoms with Crippen molar-refractivity contribution < 1.29 is 13.2 Å². The van der Waals surface area contributed by atoms with Crippen molar-refractivity contribution in [1.29, 1.82) is 0 Å². The molecule has 0 atom stereocenters. The summed E-state index contributed by atoms with van der Waals surface area (Å²) < 4.78 is 29.4. The smallest absolute Gasteiger partial charge is 0.215 e. The molecule has 1 saturated heterocycles. The van der Waals surface area contributed by atoms with Crippen LogP contribution in [0.3, 0.4) is 0 Å². The molecule has 134 valence electrons. The number of aromatic nitrogens is 2. The van der Waals surface area contributed by atoms with Crippen molar-refractivity contribution in [3.8, 4) is 5.88 Å². The largest absolute Gasteiger partial charge is 0.478 e. The first kappa shape index (κ1) is 17.5. The molecule has 25 heavy (non-hydrogen) atoms. The van der Waals surface area contributed by atoms with Crippen LogP contribution in [-0.2, 0) is 9.84 Å². The Morgan fingerprint density at radius 3 is 2.48 bits per heavy atom. The maximum Gasteiger partial charge on any atom is 0.215 e. The number of pyridine rings is 2. The van der Waals surface area contributed by atoms with E-state index in [4.69, 9.17) is 4.74 Å². The Labute approximate surface area is 148 Å². The van der Waals surface area contributed by atoms with Gasteiger partial charge in [0, 0.05) is 44.7 Å². The Bertz CT molecular complexity index is 833. The Kier molecular flexibility index (Phi) is 5.08. The molecule has 0 unspecified atom stereocenters. The average Bonchev–Trinajstić information content (AvgIpc) is 2.62. The summed E-state index contributed by atoms with van der Waals surface area (Å²) in [4.78, 5) is 13.3. The van der Waals surface area contributed by atoms with Crippen molar-refractivity contribution in [3.05, 3.63) is 36.5 Å². The Balaban J connectivity index is 1.74. The van der Waals surface area contributed by atoms with Gasteiger partial charge in [-0.15, -0.1) is 0 Å². The first-order valence-corrected chi connectivity index (χ1v) is 10.1. The van der Waals surface area contributed by atoms with E-state index in [9.17, 15) is 8.42 Å². The van der Waals surface area contributed by atoms with E-state index < -0.39 is 9.84 Å². The van der Waals surface area contributed by atoms with Gasteiger partial charge in [-0.25, -0.2) is 13.4 Å². The van der Waals surface area contributed by atoms with Crippen molar-refractivity contribution >= 4 is 21.5 Å². The Morgan fingerprint density at radius 2 is 1.80 bits per heavy atom. The zero-order chi connectivity index (χ0) is 17.9. The van der Waals surface area contributed by atoms with Crippen LogP contribution in [0.1, 0.15) is 6.92 Å². The van der Waals surface area contributed by atoms with Crippen LogP contribution < -0.4 is 14.5 Å². The van der Waals surface area contributed by atoms with Crippen LogP contribution in [0.15, 0.2) is 41.4 Å². The summed E-state index contributed by atoms with van der Waals surface area (Å²) in [5.74, 6) is 2.02. The highest BCUT2D eigenvalue weighted by Crippen LogP contribution is 2.25. The summed E-state index contributed by atoms with van der Waals surface area (Å²) in [5, 5.41) is 0. The van der Waals surface area contributed by atoms with Crippen LogP contribution in [-0.4, -0.2) is 57.4 Å². The van der Waals surface area contributed by atoms with E-state index in [0.717, 1.165) is 18.9 Å². The Hall–Kier alpha value is -2.35. The summed E-state index contributed by atoms with van der Waals surface area (Å²) in [6.07, 6.45) is 2.84. The predicted molar refractivity (Wildman–Crippen MR) is 97.2 cm³/mol. The van der Waals surface area contributed by atoms with Gasteiger partial charge < -0.3 is 14.5 Å². The highest BCUT2D eigenvalue weighted by atomic mass is 32.2. The molecule has 7 nitrogen and oxygen atoms in total. The number of nitrogens with zero attached hydrogens (tertiary/aromatic N) is 4. The lowest BCUT2D eigenvalue weighted by Gasteiger charge is -2.36. The second-order valence-corrected chi connectivity index (χ2v) is 7.82. The van der Waals surface area contributed by atoms with Crippen molar-refractivity contribution in [3.63, 3.8) is 0 Å². The van der Waals surface area contributed by atoms with Gasteiger partial charge in [0.05, 0.1) is 6.61 Å². The monoisotopic (exact) mass is 362 g/mol. The fraction of sp³-hybridized carbons (Fsp3) is 0.412. The number of hydrogen-bond donors (Lipinski definition) is 0. The fourth-order valence-corrected chi connectivity index (χ4v) is 3.70. The molecular formula is C17H22N4O3S.